The Bertz CT molecular complexity index is 653. The third-order valence-electron chi connectivity index (χ3n) is 2.71. The SMILES string of the molecule is COc1cc(Nc2nc(N)ccc2[N+](=O)[O-])cc(OC)c1. The quantitative estimate of drug-likeness (QED) is 0.641. The van der Waals surface area contributed by atoms with E-state index in [2.05, 4.69) is 10.3 Å². The Morgan fingerprint density at radius 1 is 1.19 bits per heavy atom. The van der Waals surface area contributed by atoms with Crippen LogP contribution in [0.5, 0.6) is 11.5 Å². The van der Waals surface area contributed by atoms with Crippen LogP contribution < -0.4 is 20.5 Å². The second-order valence-corrected chi connectivity index (χ2v) is 4.09. The van der Waals surface area contributed by atoms with E-state index in [9.17, 15) is 10.1 Å². The molecule has 2 rings (SSSR count). The lowest BCUT2D eigenvalue weighted by molar-refractivity contribution is -0.384. The highest BCUT2D eigenvalue weighted by atomic mass is 16.6. The van der Waals surface area contributed by atoms with E-state index >= 15 is 0 Å². The number of methoxy groups -OCH3 is 2. The van der Waals surface area contributed by atoms with Crippen LogP contribution in [0.1, 0.15) is 0 Å². The summed E-state index contributed by atoms with van der Waals surface area (Å²) in [4.78, 5) is 14.4. The molecule has 0 radical (unpaired) electrons. The Labute approximate surface area is 120 Å². The molecule has 0 aliphatic carbocycles. The molecule has 1 aromatic heterocycles. The van der Waals surface area contributed by atoms with Gasteiger partial charge in [-0.1, -0.05) is 0 Å². The summed E-state index contributed by atoms with van der Waals surface area (Å²) in [5, 5.41) is 13.9. The number of rotatable bonds is 5. The first kappa shape index (κ1) is 14.4. The molecule has 110 valence electrons. The molecule has 0 amide bonds. The highest BCUT2D eigenvalue weighted by Gasteiger charge is 2.16. The van der Waals surface area contributed by atoms with Gasteiger partial charge in [0.25, 0.3) is 0 Å². The summed E-state index contributed by atoms with van der Waals surface area (Å²) < 4.78 is 10.3. The molecule has 8 nitrogen and oxygen atoms in total. The number of nitrogen functional groups attached to an aromatic ring is 1. The van der Waals surface area contributed by atoms with Crippen molar-refractivity contribution in [3.05, 3.63) is 40.4 Å². The molecule has 1 heterocycles. The maximum Gasteiger partial charge on any atom is 0.311 e. The van der Waals surface area contributed by atoms with Gasteiger partial charge in [0, 0.05) is 30.0 Å². The number of hydrogen-bond acceptors (Lipinski definition) is 7. The molecule has 2 aromatic rings. The number of aromatic nitrogens is 1. The van der Waals surface area contributed by atoms with Gasteiger partial charge in [-0.3, -0.25) is 10.1 Å². The summed E-state index contributed by atoms with van der Waals surface area (Å²) >= 11 is 0. The standard InChI is InChI=1S/C13H14N4O4/c1-20-9-5-8(6-10(7-9)21-2)15-13-11(17(18)19)3-4-12(14)16-13/h3-7H,1-2H3,(H3,14,15,16). The van der Waals surface area contributed by atoms with E-state index in [0.29, 0.717) is 17.2 Å². The first-order chi connectivity index (χ1) is 10.0. The number of nitrogens with zero attached hydrogens (tertiary/aromatic N) is 2. The molecule has 0 fully saturated rings. The van der Waals surface area contributed by atoms with E-state index in [1.165, 1.54) is 26.4 Å². The molecule has 0 unspecified atom stereocenters. The molecular weight excluding hydrogens is 276 g/mol. The van der Waals surface area contributed by atoms with Crippen LogP contribution >= 0.6 is 0 Å². The molecular formula is C13H14N4O4. The van der Waals surface area contributed by atoms with Crippen molar-refractivity contribution in [2.75, 3.05) is 25.3 Å². The van der Waals surface area contributed by atoms with Gasteiger partial charge >= 0.3 is 5.69 Å². The largest absolute Gasteiger partial charge is 0.497 e. The fourth-order valence-electron chi connectivity index (χ4n) is 1.72. The van der Waals surface area contributed by atoms with Crippen LogP contribution in [0, 0.1) is 10.1 Å². The van der Waals surface area contributed by atoms with Gasteiger partial charge in [0.1, 0.15) is 17.3 Å². The summed E-state index contributed by atoms with van der Waals surface area (Å²) in [6, 6.07) is 7.68. The normalized spacial score (nSPS) is 10.0. The van der Waals surface area contributed by atoms with E-state index in [1.807, 2.05) is 0 Å². The lowest BCUT2D eigenvalue weighted by atomic mass is 10.2. The molecule has 0 saturated heterocycles. The van der Waals surface area contributed by atoms with Gasteiger partial charge < -0.3 is 20.5 Å². The van der Waals surface area contributed by atoms with Gasteiger partial charge in [0.15, 0.2) is 0 Å². The highest BCUT2D eigenvalue weighted by molar-refractivity contribution is 5.69. The lowest BCUT2D eigenvalue weighted by Crippen LogP contribution is -2.02. The van der Waals surface area contributed by atoms with Crippen molar-refractivity contribution in [3.8, 4) is 11.5 Å². The lowest BCUT2D eigenvalue weighted by Gasteiger charge is -2.10. The third kappa shape index (κ3) is 3.30. The highest BCUT2D eigenvalue weighted by Crippen LogP contribution is 2.31. The minimum atomic E-state index is -0.536. The third-order valence-corrected chi connectivity index (χ3v) is 2.71. The van der Waals surface area contributed by atoms with Gasteiger partial charge in [0.2, 0.25) is 5.82 Å². The van der Waals surface area contributed by atoms with Crippen molar-refractivity contribution in [2.45, 2.75) is 0 Å². The number of anilines is 3. The summed E-state index contributed by atoms with van der Waals surface area (Å²) in [6.45, 7) is 0. The Kier molecular flexibility index (Phi) is 4.07. The molecule has 3 N–H and O–H groups in total. The monoisotopic (exact) mass is 290 g/mol. The Hall–Kier alpha value is -3.03. The van der Waals surface area contributed by atoms with Crippen LogP contribution in [0.3, 0.4) is 0 Å². The zero-order valence-electron chi connectivity index (χ0n) is 11.5. The zero-order chi connectivity index (χ0) is 15.4. The number of nitro groups is 1. The summed E-state index contributed by atoms with van der Waals surface area (Å²) in [5.74, 6) is 1.32. The summed E-state index contributed by atoms with van der Waals surface area (Å²) in [5.41, 5.74) is 5.93. The molecule has 0 spiro atoms. The number of pyridine rings is 1. The van der Waals surface area contributed by atoms with Crippen molar-refractivity contribution >= 4 is 23.0 Å². The van der Waals surface area contributed by atoms with Crippen molar-refractivity contribution in [1.29, 1.82) is 0 Å². The number of nitrogens with one attached hydrogen (secondary N) is 1. The van der Waals surface area contributed by atoms with Crippen LogP contribution in [-0.4, -0.2) is 24.1 Å². The maximum absolute atomic E-state index is 11.0. The Morgan fingerprint density at radius 3 is 2.33 bits per heavy atom. The fraction of sp³-hybridized carbons (Fsp3) is 0.154. The molecule has 21 heavy (non-hydrogen) atoms. The van der Waals surface area contributed by atoms with E-state index in [1.54, 1.807) is 18.2 Å². The minimum absolute atomic E-state index is 0.0512. The number of nitrogens with two attached hydrogens (primary N) is 1. The van der Waals surface area contributed by atoms with Gasteiger partial charge in [-0.25, -0.2) is 4.98 Å². The number of benzene rings is 1. The smallest absolute Gasteiger partial charge is 0.311 e. The average Bonchev–Trinajstić information content (AvgIpc) is 2.46. The van der Waals surface area contributed by atoms with Crippen molar-refractivity contribution in [2.24, 2.45) is 0 Å². The average molecular weight is 290 g/mol. The molecule has 0 aliphatic rings. The van der Waals surface area contributed by atoms with Gasteiger partial charge in [-0.05, 0) is 6.07 Å². The fourth-order valence-corrected chi connectivity index (χ4v) is 1.72. The number of hydrogen-bond donors (Lipinski definition) is 2. The van der Waals surface area contributed by atoms with Crippen LogP contribution in [0.25, 0.3) is 0 Å². The predicted octanol–water partition coefficient (Wildman–Crippen LogP) is 2.33. The maximum atomic E-state index is 11.0. The Morgan fingerprint density at radius 2 is 1.81 bits per heavy atom. The van der Waals surface area contributed by atoms with Crippen LogP contribution in [0.4, 0.5) is 23.0 Å². The van der Waals surface area contributed by atoms with E-state index in [4.69, 9.17) is 15.2 Å². The summed E-state index contributed by atoms with van der Waals surface area (Å²) in [6.07, 6.45) is 0. The van der Waals surface area contributed by atoms with Crippen LogP contribution in [-0.2, 0) is 0 Å². The van der Waals surface area contributed by atoms with Gasteiger partial charge in [0.05, 0.1) is 19.1 Å². The van der Waals surface area contributed by atoms with Crippen molar-refractivity contribution in [1.82, 2.24) is 4.98 Å². The molecule has 0 atom stereocenters. The molecule has 0 bridgehead atoms. The minimum Gasteiger partial charge on any atom is -0.497 e. The first-order valence-corrected chi connectivity index (χ1v) is 5.94. The molecule has 0 saturated carbocycles. The second kappa shape index (κ2) is 5.95. The first-order valence-electron chi connectivity index (χ1n) is 5.94. The molecule has 1 aromatic carbocycles. The van der Waals surface area contributed by atoms with Crippen LogP contribution in [0.15, 0.2) is 30.3 Å². The zero-order valence-corrected chi connectivity index (χ0v) is 11.5. The second-order valence-electron chi connectivity index (χ2n) is 4.09. The van der Waals surface area contributed by atoms with E-state index in [0.717, 1.165) is 0 Å². The van der Waals surface area contributed by atoms with Crippen molar-refractivity contribution in [3.63, 3.8) is 0 Å². The Balaban J connectivity index is 2.42. The molecule has 0 aliphatic heterocycles. The van der Waals surface area contributed by atoms with E-state index < -0.39 is 4.92 Å². The summed E-state index contributed by atoms with van der Waals surface area (Å²) in [7, 11) is 3.03. The topological polar surface area (TPSA) is 113 Å². The van der Waals surface area contributed by atoms with Gasteiger partial charge in [-0.2, -0.15) is 0 Å². The van der Waals surface area contributed by atoms with E-state index in [-0.39, 0.29) is 17.3 Å². The van der Waals surface area contributed by atoms with Gasteiger partial charge in [-0.15, -0.1) is 0 Å². The molecule has 8 heteroatoms. The van der Waals surface area contributed by atoms with Crippen molar-refractivity contribution < 1.29 is 14.4 Å². The predicted molar refractivity (Wildman–Crippen MR) is 78.1 cm³/mol. The van der Waals surface area contributed by atoms with Crippen LogP contribution in [0.2, 0.25) is 0 Å². The number of ether oxygens (including phenoxy) is 2.